The van der Waals surface area contributed by atoms with Crippen molar-refractivity contribution in [1.29, 1.82) is 0 Å². The van der Waals surface area contributed by atoms with Crippen LogP contribution in [0.25, 0.3) is 0 Å². The fraction of sp³-hybridized carbons (Fsp3) is 0.0196. The monoisotopic (exact) mass is 757 g/mol. The van der Waals surface area contributed by atoms with Crippen molar-refractivity contribution in [2.45, 2.75) is 6.61 Å². The summed E-state index contributed by atoms with van der Waals surface area (Å²) in [5, 5.41) is 9.53. The van der Waals surface area contributed by atoms with Gasteiger partial charge in [-0.05, 0) is 112 Å². The molecule has 0 amide bonds. The van der Waals surface area contributed by atoms with Crippen LogP contribution in [0.3, 0.4) is 0 Å². The summed E-state index contributed by atoms with van der Waals surface area (Å²) in [6.07, 6.45) is 14.7. The lowest BCUT2D eigenvalue weighted by atomic mass is 10.2. The van der Waals surface area contributed by atoms with E-state index in [2.05, 4.69) is 249 Å². The predicted octanol–water partition coefficient (Wildman–Crippen LogP) is 12.0. The number of aliphatic hydroxyl groups is 1. The van der Waals surface area contributed by atoms with Gasteiger partial charge in [0.15, 0.2) is 0 Å². The van der Waals surface area contributed by atoms with Crippen LogP contribution in [0, 0.1) is 262 Å². The lowest BCUT2D eigenvalue weighted by Crippen LogP contribution is -1.91. The zero-order valence-corrected chi connectivity index (χ0v) is 27.4. The van der Waals surface area contributed by atoms with Crippen LogP contribution in [-0.4, -0.2) is 5.11 Å². The summed E-state index contributed by atoms with van der Waals surface area (Å²) >= 11 is 0. The number of hydrogen-bond acceptors (Lipinski definition) is 3. The Hall–Kier alpha value is -10.9. The number of ether oxygens (including phenoxy) is 2. The summed E-state index contributed by atoms with van der Waals surface area (Å²) in [7, 11) is 0. The molecule has 1 rings (SSSR count). The molecule has 318 valence electrons. The Morgan fingerprint density at radius 2 is 0.537 bits per heavy atom. The van der Waals surface area contributed by atoms with Crippen molar-refractivity contribution >= 4 is 0 Å². The van der Waals surface area contributed by atoms with Gasteiger partial charge >= 0.3 is 0 Å². The third-order valence-corrected chi connectivity index (χ3v) is 3.96. The fourth-order valence-corrected chi connectivity index (χ4v) is 2.19. The minimum absolute atomic E-state index is 0. The van der Waals surface area contributed by atoms with E-state index < -0.39 is 0 Å². The first-order chi connectivity index (χ1) is 26.8. The van der Waals surface area contributed by atoms with Crippen molar-refractivity contribution in [3.8, 4) is 273 Å². The van der Waals surface area contributed by atoms with Gasteiger partial charge in [-0.15, -0.1) is 12.8 Å². The Labute approximate surface area is 382 Å². The normalized spacial score (nSPS) is 5.17. The summed E-state index contributed by atoms with van der Waals surface area (Å²) < 4.78 is 10.7. The lowest BCUT2D eigenvalue weighted by molar-refractivity contribution is 0.281. The second kappa shape index (κ2) is 33.5. The molecule has 0 saturated heterocycles. The van der Waals surface area contributed by atoms with Gasteiger partial charge in [0.2, 0.25) is 0 Å². The molecule has 0 bridgehead atoms. The van der Waals surface area contributed by atoms with Gasteiger partial charge in [0.25, 0.3) is 0 Å². The standard InChI is InChI=1S/C51H8O3.44H2/c1-3-5-7-9-11-13-15-17-19-21-23-25-27-29-31-33-35-37-39-41-43-53-50-45-49(48-52)46-51(47-50)54-44-42-40-38-36-34-32-30-28-26-24-22-20-18-16-14-12-10-8-6-4-2;;;;;;;;;;;;;;;;;;;;;;;;;;;;;;;;;;;;;;;;;;;;/h1-2,45-47,52H,48H2;44*1H. The second-order valence-electron chi connectivity index (χ2n) is 7.42. The highest BCUT2D eigenvalue weighted by atomic mass is 16.5. The average molecular weight is 757 g/mol. The zero-order valence-electron chi connectivity index (χ0n) is 27.4. The molecule has 3 heteroatoms. The van der Waals surface area contributed by atoms with E-state index >= 15 is 0 Å². The molecular formula is C51H96O3. The highest BCUT2D eigenvalue weighted by molar-refractivity contribution is 5.49. The van der Waals surface area contributed by atoms with E-state index in [9.17, 15) is 5.11 Å². The molecule has 3 nitrogen and oxygen atoms in total. The summed E-state index contributed by atoms with van der Waals surface area (Å²) in [6, 6.07) is 4.65. The van der Waals surface area contributed by atoms with Crippen molar-refractivity contribution in [2.24, 2.45) is 0 Å². The molecule has 54 heavy (non-hydrogen) atoms. The van der Waals surface area contributed by atoms with Crippen LogP contribution in [0.4, 0.5) is 0 Å². The second-order valence-corrected chi connectivity index (χ2v) is 7.42. The average Bonchev–Trinajstić information content (AvgIpc) is 3.19. The molecule has 1 aromatic carbocycles. The Morgan fingerprint density at radius 3 is 0.741 bits per heavy atom. The van der Waals surface area contributed by atoms with Gasteiger partial charge in [-0.3, -0.25) is 0 Å². The van der Waals surface area contributed by atoms with E-state index in [1.54, 1.807) is 12.1 Å². The van der Waals surface area contributed by atoms with Crippen LogP contribution in [0.2, 0.25) is 0 Å². The number of rotatable bonds is 3. The predicted molar refractivity (Wildman–Crippen MR) is 300 cm³/mol. The molecule has 0 radical (unpaired) electrons. The van der Waals surface area contributed by atoms with Crippen LogP contribution < -0.4 is 9.47 Å². The largest absolute Gasteiger partial charge is 0.407 e. The fourth-order valence-electron chi connectivity index (χ4n) is 2.19. The molecule has 0 aliphatic carbocycles. The van der Waals surface area contributed by atoms with Gasteiger partial charge in [-0.1, -0.05) is 0 Å². The molecule has 0 unspecified atom stereocenters. The first-order valence-electron chi connectivity index (χ1n) is 13.8. The minimum Gasteiger partial charge on any atom is -0.407 e. The van der Waals surface area contributed by atoms with Crippen molar-refractivity contribution in [3.63, 3.8) is 0 Å². The maximum atomic E-state index is 9.53. The van der Waals surface area contributed by atoms with E-state index in [4.69, 9.17) is 22.3 Å². The quantitative estimate of drug-likeness (QED) is 0.312. The van der Waals surface area contributed by atoms with Crippen molar-refractivity contribution in [1.82, 2.24) is 0 Å². The van der Waals surface area contributed by atoms with Crippen molar-refractivity contribution in [3.05, 3.63) is 23.8 Å². The Balaban J connectivity index is -0.0000000158. The van der Waals surface area contributed by atoms with E-state index in [1.165, 1.54) is 6.07 Å². The first kappa shape index (κ1) is 41.1. The van der Waals surface area contributed by atoms with Gasteiger partial charge in [-0.2, -0.15) is 0 Å². The van der Waals surface area contributed by atoms with E-state index in [0.29, 0.717) is 17.1 Å². The van der Waals surface area contributed by atoms with Gasteiger partial charge < -0.3 is 14.6 Å². The van der Waals surface area contributed by atoms with Crippen LogP contribution in [0.15, 0.2) is 18.2 Å². The van der Waals surface area contributed by atoms with Crippen LogP contribution in [0.5, 0.6) is 11.5 Å². The van der Waals surface area contributed by atoms with Gasteiger partial charge in [0.05, 0.1) is 6.61 Å². The topological polar surface area (TPSA) is 38.7 Å². The van der Waals surface area contributed by atoms with Crippen molar-refractivity contribution in [2.75, 3.05) is 0 Å². The molecule has 0 aromatic heterocycles. The van der Waals surface area contributed by atoms with E-state index in [1.807, 2.05) is 0 Å². The summed E-state index contributed by atoms with van der Waals surface area (Å²) in [5.74, 6) is 98.7. The highest BCUT2D eigenvalue weighted by Crippen LogP contribution is 2.22. The molecule has 0 aliphatic heterocycles. The molecule has 1 N–H and O–H groups in total. The maximum absolute atomic E-state index is 9.53. The maximum Gasteiger partial charge on any atom is 0.144 e. The lowest BCUT2D eigenvalue weighted by Gasteiger charge is -2.04. The SMILES string of the molecule is C#CC#CC#CC#CC#CC#CC#CC#CC#CC#CC#COc1cc(CO)cc(OC#CC#CC#CC#CC#CC#CC#CC#CC#CC#CC#C)c1.[HH].[HH].[HH].[HH].[HH].[HH].[HH].[HH].[HH].[HH].[HH].[HH].[HH].[HH].[HH].[HH].[HH].[HH].[HH].[HH].[HH].[HH].[HH].[HH].[HH].[HH].[HH].[HH].[HH].[HH].[HH].[HH].[HH].[HH].[HH].[HH].[HH].[HH].[HH].[HH].[HH].[HH].[HH].[HH]. The summed E-state index contributed by atoms with van der Waals surface area (Å²) in [4.78, 5) is 0. The van der Waals surface area contributed by atoms with Crippen LogP contribution in [-0.2, 0) is 6.61 Å². The Kier molecular flexibility index (Phi) is 25.5. The number of hydrogen-bond donors (Lipinski definition) is 1. The highest BCUT2D eigenvalue weighted by Gasteiger charge is 2.02. The smallest absolute Gasteiger partial charge is 0.144 e. The number of aliphatic hydroxyl groups excluding tert-OH is 1. The minimum atomic E-state index is -0.273. The van der Waals surface area contributed by atoms with E-state index in [-0.39, 0.29) is 69.4 Å². The Morgan fingerprint density at radius 1 is 0.333 bits per heavy atom. The molecule has 0 aliphatic rings. The van der Waals surface area contributed by atoms with Crippen LogP contribution >= 0.6 is 0 Å². The molecule has 0 heterocycles. The molecule has 0 atom stereocenters. The zero-order chi connectivity index (χ0) is 38.7. The summed E-state index contributed by atoms with van der Waals surface area (Å²) in [6.45, 7) is -0.273. The summed E-state index contributed by atoms with van der Waals surface area (Å²) in [5.41, 5.74) is 0.500. The van der Waals surface area contributed by atoms with Crippen molar-refractivity contribution < 1.29 is 77.4 Å². The first-order valence-corrected chi connectivity index (χ1v) is 13.8. The third kappa shape index (κ3) is 27.4. The molecule has 0 spiro atoms. The molecule has 0 fully saturated rings. The number of benzene rings is 1. The van der Waals surface area contributed by atoms with Gasteiger partial charge in [0, 0.05) is 211 Å². The van der Waals surface area contributed by atoms with Gasteiger partial charge in [0.1, 0.15) is 23.7 Å². The Bertz CT molecular complexity index is 3000. The number of terminal acetylenes is 2. The van der Waals surface area contributed by atoms with Gasteiger partial charge in [-0.25, -0.2) is 0 Å². The molecule has 1 aromatic rings. The molecule has 0 saturated carbocycles. The third-order valence-electron chi connectivity index (χ3n) is 3.96. The van der Waals surface area contributed by atoms with Crippen LogP contribution in [0.1, 0.15) is 68.3 Å². The molecular weight excluding hydrogens is 661 g/mol. The van der Waals surface area contributed by atoms with E-state index in [0.717, 1.165) is 0 Å².